The number of alkyl carbamates (subject to hydrolysis) is 1. The van der Waals surface area contributed by atoms with E-state index in [9.17, 15) is 4.79 Å². The third-order valence-corrected chi connectivity index (χ3v) is 4.53. The lowest BCUT2D eigenvalue weighted by molar-refractivity contribution is 0.0461. The lowest BCUT2D eigenvalue weighted by Crippen LogP contribution is -2.46. The van der Waals surface area contributed by atoms with Gasteiger partial charge in [0.05, 0.1) is 6.61 Å². The van der Waals surface area contributed by atoms with Gasteiger partial charge in [0.2, 0.25) is 0 Å². The number of aromatic hydroxyl groups is 1. The van der Waals surface area contributed by atoms with Crippen LogP contribution in [0.15, 0.2) is 57.5 Å². The molecule has 0 saturated heterocycles. The summed E-state index contributed by atoms with van der Waals surface area (Å²) in [7, 11) is 0. The molecule has 2 rings (SSSR count). The van der Waals surface area contributed by atoms with Crippen LogP contribution in [0.2, 0.25) is 0 Å². The Hall–Kier alpha value is -1.73. The number of hydrogen-bond acceptors (Lipinski definition) is 4. The summed E-state index contributed by atoms with van der Waals surface area (Å²) in [5.74, 6) is 1.11. The van der Waals surface area contributed by atoms with Crippen LogP contribution >= 0.6 is 31.9 Å². The van der Waals surface area contributed by atoms with E-state index in [2.05, 4.69) is 37.2 Å². The minimum Gasteiger partial charge on any atom is -0.508 e. The molecule has 5 nitrogen and oxygen atoms in total. The molecule has 168 valence electrons. The molecule has 2 aromatic rings. The molecule has 0 bridgehead atoms. The van der Waals surface area contributed by atoms with Crippen LogP contribution in [-0.2, 0) is 4.74 Å². The van der Waals surface area contributed by atoms with Crippen molar-refractivity contribution in [3.63, 3.8) is 0 Å². The van der Waals surface area contributed by atoms with Crippen molar-refractivity contribution in [3.8, 4) is 11.5 Å². The van der Waals surface area contributed by atoms with E-state index in [0.29, 0.717) is 18.8 Å². The molecule has 0 saturated carbocycles. The maximum atomic E-state index is 11.8. The number of nitrogens with one attached hydrogen (secondary N) is 1. The second kappa shape index (κ2) is 12.8. The molecule has 0 heterocycles. The number of amides is 1. The highest BCUT2D eigenvalue weighted by atomic mass is 79.9. The number of benzene rings is 2. The minimum atomic E-state index is -0.492. The third kappa shape index (κ3) is 13.5. The zero-order chi connectivity index (χ0) is 22.1. The zero-order valence-electron chi connectivity index (χ0n) is 17.5. The van der Waals surface area contributed by atoms with Crippen molar-refractivity contribution in [1.82, 2.24) is 5.32 Å². The number of hydrogen-bond donors (Lipinski definition) is 2. The first-order chi connectivity index (χ1) is 13.4. The molecular weight excluding hydrogens is 514 g/mol. The van der Waals surface area contributed by atoms with E-state index in [1.54, 1.807) is 24.3 Å². The number of carbonyl (C=O) groups is 1. The van der Waals surface area contributed by atoms with Crippen LogP contribution in [0.5, 0.6) is 11.5 Å². The molecule has 0 aromatic heterocycles. The highest BCUT2D eigenvalue weighted by molar-refractivity contribution is 9.10. The van der Waals surface area contributed by atoms with Gasteiger partial charge in [-0.25, -0.2) is 4.79 Å². The molecule has 0 atom stereocenters. The number of ether oxygens (including phenoxy) is 2. The highest BCUT2D eigenvalue weighted by Crippen LogP contribution is 2.18. The molecule has 0 aliphatic heterocycles. The van der Waals surface area contributed by atoms with Gasteiger partial charge in [-0.15, -0.1) is 0 Å². The van der Waals surface area contributed by atoms with E-state index in [1.807, 2.05) is 58.9 Å². The predicted molar refractivity (Wildman–Crippen MR) is 130 cm³/mol. The summed E-state index contributed by atoms with van der Waals surface area (Å²) >= 11 is 6.61. The fourth-order valence-electron chi connectivity index (χ4n) is 2.04. The quantitative estimate of drug-likeness (QED) is 0.412. The standard InChI is InChI=1S/C16H24BrNO3.C6H5BrO.CH4/c1-15(2,3)21-14(19)18-16(4,5)10-11-20-13-8-6-12(17)7-9-13;7-5-1-3-6(8)4-2-5;/h6-9H,10-11H2,1-5H3,(H,18,19);1-4,8H;1H4. The fraction of sp³-hybridized carbons (Fsp3) is 0.435. The topological polar surface area (TPSA) is 67.8 Å². The van der Waals surface area contributed by atoms with Gasteiger partial charge >= 0.3 is 6.09 Å². The predicted octanol–water partition coefficient (Wildman–Crippen LogP) is 7.31. The number of halogens is 2. The Morgan fingerprint density at radius 2 is 1.40 bits per heavy atom. The number of rotatable bonds is 5. The Morgan fingerprint density at radius 1 is 0.933 bits per heavy atom. The summed E-state index contributed by atoms with van der Waals surface area (Å²) in [5, 5.41) is 11.6. The van der Waals surface area contributed by atoms with Gasteiger partial charge in [0.25, 0.3) is 0 Å². The van der Waals surface area contributed by atoms with E-state index >= 15 is 0 Å². The molecule has 0 aliphatic rings. The smallest absolute Gasteiger partial charge is 0.408 e. The second-order valence-corrected chi connectivity index (χ2v) is 9.87. The van der Waals surface area contributed by atoms with Gasteiger partial charge in [-0.1, -0.05) is 39.3 Å². The summed E-state index contributed by atoms with van der Waals surface area (Å²) in [5.41, 5.74) is -0.883. The fourth-order valence-corrected chi connectivity index (χ4v) is 2.57. The first kappa shape index (κ1) is 28.3. The van der Waals surface area contributed by atoms with Gasteiger partial charge in [0, 0.05) is 20.9 Å². The zero-order valence-corrected chi connectivity index (χ0v) is 20.6. The number of phenols is 1. The first-order valence-corrected chi connectivity index (χ1v) is 10.8. The van der Waals surface area contributed by atoms with Crippen LogP contribution in [0, 0.1) is 0 Å². The number of phenolic OH excluding ortho intramolecular Hbond substituents is 1. The highest BCUT2D eigenvalue weighted by Gasteiger charge is 2.24. The van der Waals surface area contributed by atoms with Crippen molar-refractivity contribution in [2.45, 2.75) is 59.6 Å². The van der Waals surface area contributed by atoms with E-state index in [0.717, 1.165) is 14.7 Å². The van der Waals surface area contributed by atoms with Crippen LogP contribution in [0.3, 0.4) is 0 Å². The van der Waals surface area contributed by atoms with Crippen molar-refractivity contribution in [2.24, 2.45) is 0 Å². The average Bonchev–Trinajstić information content (AvgIpc) is 2.57. The molecule has 0 fully saturated rings. The summed E-state index contributed by atoms with van der Waals surface area (Å²) in [6.45, 7) is 9.94. The normalized spacial score (nSPS) is 10.8. The largest absolute Gasteiger partial charge is 0.508 e. The van der Waals surface area contributed by atoms with Crippen molar-refractivity contribution in [3.05, 3.63) is 57.5 Å². The Morgan fingerprint density at radius 3 is 1.83 bits per heavy atom. The van der Waals surface area contributed by atoms with E-state index in [4.69, 9.17) is 14.6 Å². The van der Waals surface area contributed by atoms with E-state index < -0.39 is 17.2 Å². The van der Waals surface area contributed by atoms with Gasteiger partial charge in [-0.3, -0.25) is 0 Å². The monoisotopic (exact) mass is 545 g/mol. The second-order valence-electron chi connectivity index (χ2n) is 8.04. The lowest BCUT2D eigenvalue weighted by atomic mass is 10.0. The van der Waals surface area contributed by atoms with Crippen molar-refractivity contribution in [2.75, 3.05) is 6.61 Å². The van der Waals surface area contributed by atoms with Gasteiger partial charge < -0.3 is 19.9 Å². The van der Waals surface area contributed by atoms with Crippen molar-refractivity contribution >= 4 is 38.0 Å². The van der Waals surface area contributed by atoms with Crippen LogP contribution < -0.4 is 10.1 Å². The molecule has 30 heavy (non-hydrogen) atoms. The average molecular weight is 547 g/mol. The van der Waals surface area contributed by atoms with Gasteiger partial charge in [0.15, 0.2) is 0 Å². The number of carbonyl (C=O) groups excluding carboxylic acids is 1. The Labute approximate surface area is 197 Å². The SMILES string of the molecule is C.CC(C)(CCOc1ccc(Br)cc1)NC(=O)OC(C)(C)C.Oc1ccc(Br)cc1. The summed E-state index contributed by atoms with van der Waals surface area (Å²) < 4.78 is 12.9. The van der Waals surface area contributed by atoms with E-state index in [-0.39, 0.29) is 7.43 Å². The van der Waals surface area contributed by atoms with Crippen molar-refractivity contribution < 1.29 is 19.4 Å². The van der Waals surface area contributed by atoms with Crippen LogP contribution in [0.25, 0.3) is 0 Å². The molecule has 0 radical (unpaired) electrons. The van der Waals surface area contributed by atoms with Crippen LogP contribution in [0.1, 0.15) is 48.5 Å². The van der Waals surface area contributed by atoms with E-state index in [1.165, 1.54) is 0 Å². The minimum absolute atomic E-state index is 0. The van der Waals surface area contributed by atoms with Gasteiger partial charge in [0.1, 0.15) is 17.1 Å². The molecule has 2 aromatic carbocycles. The molecular formula is C23H33Br2NO4. The van der Waals surface area contributed by atoms with Gasteiger partial charge in [-0.05, 0) is 83.1 Å². The lowest BCUT2D eigenvalue weighted by Gasteiger charge is -2.28. The third-order valence-electron chi connectivity index (χ3n) is 3.48. The van der Waals surface area contributed by atoms with Gasteiger partial charge in [-0.2, -0.15) is 0 Å². The maximum absolute atomic E-state index is 11.8. The maximum Gasteiger partial charge on any atom is 0.408 e. The Bertz CT molecular complexity index is 733. The summed E-state index contributed by atoms with van der Waals surface area (Å²) in [6.07, 6.45) is 0.276. The summed E-state index contributed by atoms with van der Waals surface area (Å²) in [6, 6.07) is 14.5. The summed E-state index contributed by atoms with van der Waals surface area (Å²) in [4.78, 5) is 11.8. The van der Waals surface area contributed by atoms with Crippen LogP contribution in [-0.4, -0.2) is 28.9 Å². The first-order valence-electron chi connectivity index (χ1n) is 9.20. The molecule has 0 aliphatic carbocycles. The van der Waals surface area contributed by atoms with Crippen LogP contribution in [0.4, 0.5) is 4.79 Å². The van der Waals surface area contributed by atoms with Crippen molar-refractivity contribution in [1.29, 1.82) is 0 Å². The molecule has 0 unspecified atom stereocenters. The Balaban J connectivity index is 0.000000782. The Kier molecular flexibility index (Phi) is 12.1. The molecule has 7 heteroatoms. The molecule has 1 amide bonds. The molecule has 0 spiro atoms. The molecule has 2 N–H and O–H groups in total.